The molecule has 1 aliphatic rings. The van der Waals surface area contributed by atoms with Crippen molar-refractivity contribution in [2.24, 2.45) is 11.8 Å². The van der Waals surface area contributed by atoms with Gasteiger partial charge in [-0.3, -0.25) is 0 Å². The van der Waals surface area contributed by atoms with E-state index in [0.29, 0.717) is 6.10 Å². The summed E-state index contributed by atoms with van der Waals surface area (Å²) in [4.78, 5) is 4.19. The van der Waals surface area contributed by atoms with Crippen LogP contribution < -0.4 is 10.1 Å². The van der Waals surface area contributed by atoms with Crippen molar-refractivity contribution in [2.75, 3.05) is 12.4 Å². The Morgan fingerprint density at radius 1 is 1.24 bits per heavy atom. The largest absolute Gasteiger partial charge is 0.490 e. The highest BCUT2D eigenvalue weighted by Crippen LogP contribution is 2.31. The first-order chi connectivity index (χ1) is 8.17. The summed E-state index contributed by atoms with van der Waals surface area (Å²) in [7, 11) is 1.87. The third-order valence-electron chi connectivity index (χ3n) is 3.43. The molecule has 94 valence electrons. The van der Waals surface area contributed by atoms with Crippen molar-refractivity contribution >= 4 is 5.82 Å². The molecule has 0 spiro atoms. The molecule has 2 atom stereocenters. The maximum Gasteiger partial charge on any atom is 0.129 e. The first-order valence-corrected chi connectivity index (χ1v) is 6.48. The minimum absolute atomic E-state index is 0.362. The van der Waals surface area contributed by atoms with E-state index in [1.807, 2.05) is 19.2 Å². The number of ether oxygens (including phenoxy) is 1. The number of pyridine rings is 1. The van der Waals surface area contributed by atoms with Crippen molar-refractivity contribution in [1.29, 1.82) is 0 Å². The molecule has 1 fully saturated rings. The molecule has 17 heavy (non-hydrogen) atoms. The van der Waals surface area contributed by atoms with E-state index in [0.717, 1.165) is 23.4 Å². The van der Waals surface area contributed by atoms with Crippen molar-refractivity contribution in [3.8, 4) is 5.75 Å². The van der Waals surface area contributed by atoms with E-state index in [-0.39, 0.29) is 0 Å². The summed E-state index contributed by atoms with van der Waals surface area (Å²) in [6.07, 6.45) is 5.82. The van der Waals surface area contributed by atoms with Crippen LogP contribution in [0.4, 0.5) is 5.82 Å². The van der Waals surface area contributed by atoms with Gasteiger partial charge in [0.1, 0.15) is 11.6 Å². The van der Waals surface area contributed by atoms with Gasteiger partial charge in [0.05, 0.1) is 6.10 Å². The summed E-state index contributed by atoms with van der Waals surface area (Å²) < 4.78 is 6.06. The second-order valence-corrected chi connectivity index (χ2v) is 5.28. The average Bonchev–Trinajstić information content (AvgIpc) is 2.28. The highest BCUT2D eigenvalue weighted by molar-refractivity contribution is 5.39. The van der Waals surface area contributed by atoms with Crippen LogP contribution in [0.1, 0.15) is 33.1 Å². The van der Waals surface area contributed by atoms with Gasteiger partial charge in [0.25, 0.3) is 0 Å². The summed E-state index contributed by atoms with van der Waals surface area (Å²) in [6.45, 7) is 4.63. The predicted octanol–water partition coefficient (Wildman–Crippen LogP) is 3.33. The zero-order valence-electron chi connectivity index (χ0n) is 10.9. The Hall–Kier alpha value is -1.25. The lowest BCUT2D eigenvalue weighted by atomic mass is 9.82. The van der Waals surface area contributed by atoms with Gasteiger partial charge in [-0.2, -0.15) is 0 Å². The zero-order valence-corrected chi connectivity index (χ0v) is 10.9. The molecular formula is C14H22N2O. The standard InChI is InChI=1S/C14H22N2O/c1-10-6-11(2)8-13(7-10)17-12-4-5-16-14(9-12)15-3/h4-5,9-11,13H,6-8H2,1-3H3,(H,15,16). The van der Waals surface area contributed by atoms with Gasteiger partial charge >= 0.3 is 0 Å². The lowest BCUT2D eigenvalue weighted by Crippen LogP contribution is -2.28. The average molecular weight is 234 g/mol. The summed E-state index contributed by atoms with van der Waals surface area (Å²) >= 11 is 0. The molecule has 3 heteroatoms. The van der Waals surface area contributed by atoms with Crippen LogP contribution >= 0.6 is 0 Å². The number of aromatic nitrogens is 1. The normalized spacial score (nSPS) is 28.8. The second kappa shape index (κ2) is 5.39. The summed E-state index contributed by atoms with van der Waals surface area (Å²) in [6, 6.07) is 3.90. The fourth-order valence-electron chi connectivity index (χ4n) is 2.78. The van der Waals surface area contributed by atoms with Crippen LogP contribution in [0.5, 0.6) is 5.75 Å². The smallest absolute Gasteiger partial charge is 0.129 e. The molecular weight excluding hydrogens is 212 g/mol. The van der Waals surface area contributed by atoms with Gasteiger partial charge in [0, 0.05) is 19.3 Å². The fourth-order valence-corrected chi connectivity index (χ4v) is 2.78. The first-order valence-electron chi connectivity index (χ1n) is 6.48. The molecule has 0 aliphatic heterocycles. The van der Waals surface area contributed by atoms with E-state index < -0.39 is 0 Å². The Kier molecular flexibility index (Phi) is 3.87. The highest BCUT2D eigenvalue weighted by atomic mass is 16.5. The van der Waals surface area contributed by atoms with Gasteiger partial charge < -0.3 is 10.1 Å². The van der Waals surface area contributed by atoms with E-state index in [1.165, 1.54) is 19.3 Å². The van der Waals surface area contributed by atoms with Crippen LogP contribution in [0.3, 0.4) is 0 Å². The van der Waals surface area contributed by atoms with Crippen LogP contribution in [0.25, 0.3) is 0 Å². The molecule has 2 rings (SSSR count). The minimum Gasteiger partial charge on any atom is -0.490 e. The number of nitrogens with zero attached hydrogens (tertiary/aromatic N) is 1. The maximum absolute atomic E-state index is 6.06. The predicted molar refractivity (Wildman–Crippen MR) is 70.4 cm³/mol. The van der Waals surface area contributed by atoms with Crippen LogP contribution in [0.2, 0.25) is 0 Å². The van der Waals surface area contributed by atoms with E-state index >= 15 is 0 Å². The Morgan fingerprint density at radius 3 is 2.59 bits per heavy atom. The van der Waals surface area contributed by atoms with Gasteiger partial charge in [-0.25, -0.2) is 4.98 Å². The quantitative estimate of drug-likeness (QED) is 0.871. The van der Waals surface area contributed by atoms with Crippen molar-refractivity contribution in [3.05, 3.63) is 18.3 Å². The molecule has 1 heterocycles. The second-order valence-electron chi connectivity index (χ2n) is 5.28. The molecule has 0 radical (unpaired) electrons. The summed E-state index contributed by atoms with van der Waals surface area (Å²) in [5.41, 5.74) is 0. The lowest BCUT2D eigenvalue weighted by molar-refractivity contribution is 0.101. The Labute approximate surface area is 104 Å². The van der Waals surface area contributed by atoms with E-state index in [9.17, 15) is 0 Å². The third-order valence-corrected chi connectivity index (χ3v) is 3.43. The molecule has 2 unspecified atom stereocenters. The Morgan fingerprint density at radius 2 is 1.94 bits per heavy atom. The lowest BCUT2D eigenvalue weighted by Gasteiger charge is -2.31. The van der Waals surface area contributed by atoms with E-state index in [2.05, 4.69) is 24.1 Å². The molecule has 1 aromatic heterocycles. The highest BCUT2D eigenvalue weighted by Gasteiger charge is 2.25. The third kappa shape index (κ3) is 3.35. The van der Waals surface area contributed by atoms with Crippen LogP contribution in [-0.2, 0) is 0 Å². The molecule has 1 aromatic rings. The van der Waals surface area contributed by atoms with E-state index in [1.54, 1.807) is 6.20 Å². The summed E-state index contributed by atoms with van der Waals surface area (Å²) in [5.74, 6) is 3.33. The Bertz CT molecular complexity index is 357. The minimum atomic E-state index is 0.362. The molecule has 1 saturated carbocycles. The van der Waals surface area contributed by atoms with Crippen LogP contribution in [-0.4, -0.2) is 18.1 Å². The molecule has 3 nitrogen and oxygen atoms in total. The molecule has 0 bridgehead atoms. The number of hydrogen-bond donors (Lipinski definition) is 1. The number of rotatable bonds is 3. The molecule has 0 aromatic carbocycles. The molecule has 0 amide bonds. The van der Waals surface area contributed by atoms with Crippen LogP contribution in [0.15, 0.2) is 18.3 Å². The van der Waals surface area contributed by atoms with Crippen molar-refractivity contribution in [1.82, 2.24) is 4.98 Å². The topological polar surface area (TPSA) is 34.1 Å². The number of nitrogens with one attached hydrogen (secondary N) is 1. The first kappa shape index (κ1) is 12.2. The van der Waals surface area contributed by atoms with E-state index in [4.69, 9.17) is 4.74 Å². The number of hydrogen-bond acceptors (Lipinski definition) is 3. The van der Waals surface area contributed by atoms with Gasteiger partial charge in [0.15, 0.2) is 0 Å². The monoisotopic (exact) mass is 234 g/mol. The van der Waals surface area contributed by atoms with Gasteiger partial charge in [-0.05, 0) is 37.2 Å². The number of anilines is 1. The SMILES string of the molecule is CNc1cc(OC2CC(C)CC(C)C2)ccn1. The molecule has 0 saturated heterocycles. The van der Waals surface area contributed by atoms with Crippen molar-refractivity contribution < 1.29 is 4.74 Å². The zero-order chi connectivity index (χ0) is 12.3. The molecule has 1 aliphatic carbocycles. The fraction of sp³-hybridized carbons (Fsp3) is 0.643. The van der Waals surface area contributed by atoms with Gasteiger partial charge in [-0.15, -0.1) is 0 Å². The van der Waals surface area contributed by atoms with Crippen LogP contribution in [0, 0.1) is 11.8 Å². The van der Waals surface area contributed by atoms with Gasteiger partial charge in [0.2, 0.25) is 0 Å². The van der Waals surface area contributed by atoms with Gasteiger partial charge in [-0.1, -0.05) is 13.8 Å². The Balaban J connectivity index is 1.99. The van der Waals surface area contributed by atoms with Crippen molar-refractivity contribution in [3.63, 3.8) is 0 Å². The maximum atomic E-state index is 6.06. The summed E-state index contributed by atoms with van der Waals surface area (Å²) in [5, 5.41) is 3.03. The molecule has 1 N–H and O–H groups in total. The van der Waals surface area contributed by atoms with Crippen molar-refractivity contribution in [2.45, 2.75) is 39.2 Å².